The van der Waals surface area contributed by atoms with Crippen molar-refractivity contribution in [1.29, 1.82) is 0 Å². The van der Waals surface area contributed by atoms with Gasteiger partial charge < -0.3 is 20.7 Å². The van der Waals surface area contributed by atoms with Crippen LogP contribution in [0.4, 0.5) is 0 Å². The molecule has 1 aliphatic rings. The third kappa shape index (κ3) is 5.87. The lowest BCUT2D eigenvalue weighted by Gasteiger charge is -2.30. The minimum atomic E-state index is -0.770. The average molecular weight is 403 g/mol. The van der Waals surface area contributed by atoms with Crippen molar-refractivity contribution in [2.75, 3.05) is 13.2 Å². The number of ether oxygens (including phenoxy) is 1. The number of amides is 2. The number of hydrogen-bond acceptors (Lipinski definition) is 6. The van der Waals surface area contributed by atoms with Gasteiger partial charge in [-0.25, -0.2) is 4.79 Å². The maximum absolute atomic E-state index is 13.0. The van der Waals surface area contributed by atoms with E-state index in [-0.39, 0.29) is 17.6 Å². The van der Waals surface area contributed by atoms with E-state index in [4.69, 9.17) is 10.5 Å². The van der Waals surface area contributed by atoms with Gasteiger partial charge in [0, 0.05) is 6.54 Å². The molecule has 2 amide bonds. The fourth-order valence-corrected chi connectivity index (χ4v) is 3.23. The van der Waals surface area contributed by atoms with Crippen molar-refractivity contribution in [3.8, 4) is 0 Å². The first-order valence-corrected chi connectivity index (χ1v) is 9.83. The summed E-state index contributed by atoms with van der Waals surface area (Å²) >= 11 is 0. The van der Waals surface area contributed by atoms with E-state index in [2.05, 4.69) is 5.32 Å². The fourth-order valence-electron chi connectivity index (χ4n) is 3.23. The van der Waals surface area contributed by atoms with Crippen LogP contribution in [-0.4, -0.2) is 59.7 Å². The zero-order valence-corrected chi connectivity index (χ0v) is 17.1. The van der Waals surface area contributed by atoms with Gasteiger partial charge in [0.25, 0.3) is 0 Å². The first-order valence-electron chi connectivity index (χ1n) is 9.83. The summed E-state index contributed by atoms with van der Waals surface area (Å²) < 4.78 is 5.12. The summed E-state index contributed by atoms with van der Waals surface area (Å²) in [6.07, 6.45) is 1.17. The number of nitrogens with two attached hydrogens (primary N) is 1. The lowest BCUT2D eigenvalue weighted by atomic mass is 10.0. The Hall–Kier alpha value is -2.74. The predicted octanol–water partition coefficient (Wildman–Crippen LogP) is 0.892. The van der Waals surface area contributed by atoms with Gasteiger partial charge in [0.15, 0.2) is 12.4 Å². The second kappa shape index (κ2) is 10.2. The highest BCUT2D eigenvalue weighted by Gasteiger charge is 2.38. The molecule has 2 rings (SSSR count). The number of hydrogen-bond donors (Lipinski definition) is 2. The largest absolute Gasteiger partial charge is 0.454 e. The number of ketones is 1. The van der Waals surface area contributed by atoms with Crippen molar-refractivity contribution in [2.45, 2.75) is 51.7 Å². The van der Waals surface area contributed by atoms with Gasteiger partial charge >= 0.3 is 5.97 Å². The van der Waals surface area contributed by atoms with E-state index in [1.54, 1.807) is 37.3 Å². The highest BCUT2D eigenvalue weighted by Crippen LogP contribution is 2.21. The lowest BCUT2D eigenvalue weighted by molar-refractivity contribution is -0.142. The van der Waals surface area contributed by atoms with Gasteiger partial charge in [-0.2, -0.15) is 0 Å². The molecule has 29 heavy (non-hydrogen) atoms. The molecule has 0 spiro atoms. The van der Waals surface area contributed by atoms with Gasteiger partial charge in [-0.05, 0) is 37.8 Å². The predicted molar refractivity (Wildman–Crippen MR) is 107 cm³/mol. The van der Waals surface area contributed by atoms with Crippen molar-refractivity contribution < 1.29 is 23.9 Å². The molecule has 3 N–H and O–H groups in total. The number of nitrogens with zero attached hydrogens (tertiary/aromatic N) is 1. The molecule has 0 saturated carbocycles. The first kappa shape index (κ1) is 22.5. The first-order chi connectivity index (χ1) is 13.7. The maximum Gasteiger partial charge on any atom is 0.338 e. The Labute approximate surface area is 170 Å². The van der Waals surface area contributed by atoms with Gasteiger partial charge in [-0.15, -0.1) is 0 Å². The SMILES string of the molecule is CC(C)[C@H](NC(=O)[C@H](C)N)C(=O)N1CCC[C@H]1C(=O)COC(=O)c1ccccc1. The Morgan fingerprint density at radius 2 is 1.83 bits per heavy atom. The van der Waals surface area contributed by atoms with Crippen LogP contribution in [0.1, 0.15) is 44.0 Å². The average Bonchev–Trinajstić information content (AvgIpc) is 3.19. The number of rotatable bonds is 8. The van der Waals surface area contributed by atoms with Gasteiger partial charge in [0.2, 0.25) is 11.8 Å². The van der Waals surface area contributed by atoms with Crippen LogP contribution < -0.4 is 11.1 Å². The van der Waals surface area contributed by atoms with Gasteiger partial charge in [0.1, 0.15) is 6.04 Å². The Bertz CT molecular complexity index is 748. The molecule has 1 aliphatic heterocycles. The quantitative estimate of drug-likeness (QED) is 0.622. The van der Waals surface area contributed by atoms with Crippen molar-refractivity contribution >= 4 is 23.6 Å². The van der Waals surface area contributed by atoms with Crippen molar-refractivity contribution in [3.05, 3.63) is 35.9 Å². The van der Waals surface area contributed by atoms with Crippen LogP contribution in [0.2, 0.25) is 0 Å². The Morgan fingerprint density at radius 1 is 1.17 bits per heavy atom. The number of Topliss-reactive ketones (excluding diaryl/α,β-unsaturated/α-hetero) is 1. The molecule has 8 nitrogen and oxygen atoms in total. The minimum absolute atomic E-state index is 0.169. The molecule has 1 fully saturated rings. The van der Waals surface area contributed by atoms with Crippen LogP contribution in [0.3, 0.4) is 0 Å². The zero-order valence-electron chi connectivity index (χ0n) is 17.1. The second-order valence-electron chi connectivity index (χ2n) is 7.62. The smallest absolute Gasteiger partial charge is 0.338 e. The van der Waals surface area contributed by atoms with E-state index in [9.17, 15) is 19.2 Å². The summed E-state index contributed by atoms with van der Waals surface area (Å²) in [5.74, 6) is -1.83. The van der Waals surface area contributed by atoms with Crippen molar-refractivity contribution in [1.82, 2.24) is 10.2 Å². The zero-order chi connectivity index (χ0) is 21.6. The van der Waals surface area contributed by atoms with Crippen molar-refractivity contribution in [2.24, 2.45) is 11.7 Å². The van der Waals surface area contributed by atoms with Gasteiger partial charge in [-0.1, -0.05) is 32.0 Å². The lowest BCUT2D eigenvalue weighted by Crippen LogP contribution is -2.56. The van der Waals surface area contributed by atoms with Gasteiger partial charge in [-0.3, -0.25) is 14.4 Å². The number of carbonyl (C=O) groups excluding carboxylic acids is 4. The summed E-state index contributed by atoms with van der Waals surface area (Å²) in [5, 5.41) is 2.67. The van der Waals surface area contributed by atoms with E-state index in [0.29, 0.717) is 24.9 Å². The number of carbonyl (C=O) groups is 4. The summed E-state index contributed by atoms with van der Waals surface area (Å²) in [4.78, 5) is 51.2. The summed E-state index contributed by atoms with van der Waals surface area (Å²) in [5.41, 5.74) is 5.95. The Kier molecular flexibility index (Phi) is 7.90. The summed E-state index contributed by atoms with van der Waals surface area (Å²) in [6.45, 7) is 5.19. The van der Waals surface area contributed by atoms with Crippen LogP contribution in [0.25, 0.3) is 0 Å². The maximum atomic E-state index is 13.0. The molecule has 8 heteroatoms. The standard InChI is InChI=1S/C21H29N3O5/c1-13(2)18(23-19(26)14(3)22)20(27)24-11-7-10-16(24)17(25)12-29-21(28)15-8-5-4-6-9-15/h4-6,8-9,13-14,16,18H,7,10-12,22H2,1-3H3,(H,23,26)/t14-,16-,18-/m0/s1. The molecular formula is C21H29N3O5. The Morgan fingerprint density at radius 3 is 2.41 bits per heavy atom. The number of nitrogens with one attached hydrogen (secondary N) is 1. The van der Waals surface area contributed by atoms with E-state index in [0.717, 1.165) is 0 Å². The van der Waals surface area contributed by atoms with Gasteiger partial charge in [0.05, 0.1) is 17.6 Å². The molecule has 1 aromatic rings. The molecule has 0 aromatic heterocycles. The van der Waals surface area contributed by atoms with Crippen LogP contribution in [0.5, 0.6) is 0 Å². The Balaban J connectivity index is 2.01. The molecule has 1 aromatic carbocycles. The summed E-state index contributed by atoms with van der Waals surface area (Å²) in [7, 11) is 0. The monoisotopic (exact) mass is 403 g/mol. The second-order valence-corrected chi connectivity index (χ2v) is 7.62. The number of esters is 1. The molecule has 1 heterocycles. The molecule has 0 bridgehead atoms. The third-order valence-corrected chi connectivity index (χ3v) is 4.91. The number of likely N-dealkylation sites (tertiary alicyclic amines) is 1. The fraction of sp³-hybridized carbons (Fsp3) is 0.524. The van der Waals surface area contributed by atoms with Crippen LogP contribution in [-0.2, 0) is 19.1 Å². The van der Waals surface area contributed by atoms with E-state index in [1.165, 1.54) is 4.90 Å². The normalized spacial score (nSPS) is 18.2. The molecule has 0 unspecified atom stereocenters. The molecule has 0 radical (unpaired) electrons. The topological polar surface area (TPSA) is 119 Å². The third-order valence-electron chi connectivity index (χ3n) is 4.91. The van der Waals surface area contributed by atoms with Crippen LogP contribution in [0, 0.1) is 5.92 Å². The number of benzene rings is 1. The minimum Gasteiger partial charge on any atom is -0.454 e. The van der Waals surface area contributed by atoms with E-state index in [1.807, 2.05) is 13.8 Å². The van der Waals surface area contributed by atoms with E-state index < -0.39 is 36.6 Å². The molecule has 158 valence electrons. The molecule has 3 atom stereocenters. The summed E-state index contributed by atoms with van der Waals surface area (Å²) in [6, 6.07) is 6.22. The highest BCUT2D eigenvalue weighted by molar-refractivity contribution is 5.96. The van der Waals surface area contributed by atoms with Crippen LogP contribution >= 0.6 is 0 Å². The molecule has 0 aliphatic carbocycles. The molecular weight excluding hydrogens is 374 g/mol. The van der Waals surface area contributed by atoms with Crippen molar-refractivity contribution in [3.63, 3.8) is 0 Å². The molecule has 1 saturated heterocycles. The van der Waals surface area contributed by atoms with E-state index >= 15 is 0 Å². The highest BCUT2D eigenvalue weighted by atomic mass is 16.5. The van der Waals surface area contributed by atoms with Crippen LogP contribution in [0.15, 0.2) is 30.3 Å².